The standard InChI is InChI=1S/C110H126N4S2/c1-27-29-31-33-35-81-41-47-91(115-81)93-99-101(113-97-85-45-39-67(71-53-77(107(15,16)17)63-78(54-71)108(18,19)20)59-89(85)87-57-65(37-43-83(87)95(97)111-99)69-49-73(103(3,4)5)61-74(50-69)104(6,7)8)94(92-48-42-82(116-92)36-34-32-30-28-2)102-100(93)112-96-84-44-38-66(70-51-75(105(9,10)11)62-76(52-70)106(12,13)14)58-88(84)90-60-68(40-46-86(90)98(96)114-102)72-55-79(109(21,22)23)64-80(56-72)110(24,25)26/h37-64H,27-36H2,1-26H3. The first kappa shape index (κ1) is 82.2. The van der Waals surface area contributed by atoms with E-state index in [1.807, 2.05) is 22.7 Å². The van der Waals surface area contributed by atoms with Crippen LogP contribution in [-0.2, 0) is 56.2 Å². The highest BCUT2D eigenvalue weighted by Crippen LogP contribution is 2.51. The molecule has 6 heteroatoms. The van der Waals surface area contributed by atoms with Gasteiger partial charge in [0.05, 0.1) is 22.1 Å². The van der Waals surface area contributed by atoms with Crippen molar-refractivity contribution in [1.82, 2.24) is 19.9 Å². The Kier molecular flexibility index (Phi) is 21.4. The number of fused-ring (bicyclic) bond motifs is 14. The Morgan fingerprint density at radius 2 is 0.422 bits per heavy atom. The second-order valence-corrected chi connectivity index (χ2v) is 44.7. The first-order chi connectivity index (χ1) is 54.4. The minimum atomic E-state index is -0.0647. The number of hydrogen-bond acceptors (Lipinski definition) is 6. The Morgan fingerprint density at radius 3 is 0.621 bits per heavy atom. The summed E-state index contributed by atoms with van der Waals surface area (Å²) in [5, 5.41) is 8.92. The molecule has 0 aliphatic carbocycles. The average Bonchev–Trinajstić information content (AvgIpc) is 0.733. The van der Waals surface area contributed by atoms with Crippen molar-refractivity contribution in [2.45, 2.75) is 288 Å². The van der Waals surface area contributed by atoms with E-state index in [-0.39, 0.29) is 43.3 Å². The predicted octanol–water partition coefficient (Wildman–Crippen LogP) is 33.2. The summed E-state index contributed by atoms with van der Waals surface area (Å²) in [4.78, 5) is 30.4. The third-order valence-electron chi connectivity index (χ3n) is 24.8. The van der Waals surface area contributed by atoms with Crippen LogP contribution in [-0.4, -0.2) is 19.9 Å². The highest BCUT2D eigenvalue weighted by molar-refractivity contribution is 7.16. The maximum absolute atomic E-state index is 6.34. The van der Waals surface area contributed by atoms with Gasteiger partial charge >= 0.3 is 0 Å². The minimum absolute atomic E-state index is 0.0647. The van der Waals surface area contributed by atoms with Crippen LogP contribution in [0.4, 0.5) is 0 Å². The van der Waals surface area contributed by atoms with Gasteiger partial charge in [0, 0.05) is 52.2 Å². The molecule has 15 rings (SSSR count). The van der Waals surface area contributed by atoms with E-state index in [0.29, 0.717) is 0 Å². The zero-order valence-electron chi connectivity index (χ0n) is 74.8. The molecule has 0 atom stereocenters. The molecule has 11 aromatic carbocycles. The SMILES string of the molecule is CCCCCCc1ccc(-c2c3nc4c5ccc(-c6cc(C(C)(C)C)cc(C(C)(C)C)c6)cc5c5cc(-c6cc(C(C)(C)C)cc(C(C)(C)C)c6)ccc5c4nc3c(-c3ccc(CCCCCC)s3)c3nc4c5ccc(-c6cc(C(C)(C)C)cc(C(C)(C)C)c6)cc5c5cc(-c6cc(C(C)(C)C)cc(C(C)(C)C)c6)ccc5c4nc23)s1. The number of nitrogens with zero attached hydrogens (tertiary/aromatic N) is 4. The number of aryl methyl sites for hydroxylation is 2. The van der Waals surface area contributed by atoms with Crippen LogP contribution in [0.2, 0.25) is 0 Å². The first-order valence-electron chi connectivity index (χ1n) is 43.4. The quantitative estimate of drug-likeness (QED) is 0.0550. The van der Waals surface area contributed by atoms with E-state index in [1.165, 1.54) is 137 Å². The molecule has 0 spiro atoms. The van der Waals surface area contributed by atoms with Crippen molar-refractivity contribution in [1.29, 1.82) is 0 Å². The topological polar surface area (TPSA) is 51.6 Å². The van der Waals surface area contributed by atoms with E-state index < -0.39 is 0 Å². The van der Waals surface area contributed by atoms with Crippen molar-refractivity contribution in [2.24, 2.45) is 0 Å². The van der Waals surface area contributed by atoms with Gasteiger partial charge in [-0.25, -0.2) is 19.9 Å². The van der Waals surface area contributed by atoms with Crippen LogP contribution in [0.15, 0.2) is 170 Å². The molecule has 0 unspecified atom stereocenters. The Bertz CT molecular complexity index is 5520. The second-order valence-electron chi connectivity index (χ2n) is 42.4. The normalized spacial score (nSPS) is 13.3. The van der Waals surface area contributed by atoms with Crippen molar-refractivity contribution in [3.63, 3.8) is 0 Å². The van der Waals surface area contributed by atoms with E-state index in [0.717, 1.165) is 134 Å². The van der Waals surface area contributed by atoms with Crippen molar-refractivity contribution in [2.75, 3.05) is 0 Å². The molecule has 4 heterocycles. The Morgan fingerprint density at radius 1 is 0.207 bits per heavy atom. The summed E-state index contributed by atoms with van der Waals surface area (Å²) in [6, 6.07) is 67.7. The molecule has 0 saturated heterocycles. The van der Waals surface area contributed by atoms with Crippen molar-refractivity contribution in [3.05, 3.63) is 224 Å². The van der Waals surface area contributed by atoms with E-state index in [2.05, 4.69) is 350 Å². The fourth-order valence-electron chi connectivity index (χ4n) is 17.0. The summed E-state index contributed by atoms with van der Waals surface area (Å²) < 4.78 is 0. The van der Waals surface area contributed by atoms with Crippen LogP contribution in [0.1, 0.15) is 286 Å². The zero-order chi connectivity index (χ0) is 83.1. The van der Waals surface area contributed by atoms with E-state index in [4.69, 9.17) is 19.9 Å². The van der Waals surface area contributed by atoms with Gasteiger partial charge in [0.1, 0.15) is 22.1 Å². The Hall–Kier alpha value is -8.94. The lowest BCUT2D eigenvalue weighted by molar-refractivity contribution is 0.568. The van der Waals surface area contributed by atoms with Gasteiger partial charge in [0.15, 0.2) is 0 Å². The number of unbranched alkanes of at least 4 members (excludes halogenated alkanes) is 6. The van der Waals surface area contributed by atoms with E-state index in [1.54, 1.807) is 0 Å². The molecular weight excluding hydrogens is 1440 g/mol. The monoisotopic (exact) mass is 1570 g/mol. The lowest BCUT2D eigenvalue weighted by Gasteiger charge is -2.26. The summed E-state index contributed by atoms with van der Waals surface area (Å²) in [5.74, 6) is 0. The first-order valence-corrected chi connectivity index (χ1v) is 45.1. The van der Waals surface area contributed by atoms with Gasteiger partial charge in [-0.15, -0.1) is 22.7 Å². The van der Waals surface area contributed by atoms with Gasteiger partial charge < -0.3 is 0 Å². The molecular formula is C110H126N4S2. The van der Waals surface area contributed by atoms with Crippen LogP contribution in [0, 0.1) is 0 Å². The molecule has 4 nitrogen and oxygen atoms in total. The third kappa shape index (κ3) is 16.2. The molecule has 0 bridgehead atoms. The summed E-state index contributed by atoms with van der Waals surface area (Å²) in [7, 11) is 0. The van der Waals surface area contributed by atoms with Gasteiger partial charge in [-0.3, -0.25) is 0 Å². The van der Waals surface area contributed by atoms with E-state index >= 15 is 0 Å². The molecule has 0 fully saturated rings. The average molecular weight is 1570 g/mol. The molecule has 0 N–H and O–H groups in total. The van der Waals surface area contributed by atoms with Gasteiger partial charge in [-0.1, -0.05) is 340 Å². The molecule has 0 amide bonds. The number of benzene rings is 11. The van der Waals surface area contributed by atoms with Gasteiger partial charge in [0.2, 0.25) is 0 Å². The molecule has 598 valence electrons. The fraction of sp³-hybridized carbons (Fsp3) is 0.400. The van der Waals surface area contributed by atoms with Crippen molar-refractivity contribution in [3.8, 4) is 65.4 Å². The summed E-state index contributed by atoms with van der Waals surface area (Å²) >= 11 is 3.80. The Balaban J connectivity index is 1.11. The number of rotatable bonds is 16. The van der Waals surface area contributed by atoms with Crippen LogP contribution < -0.4 is 0 Å². The maximum atomic E-state index is 6.34. The number of thiophene rings is 2. The van der Waals surface area contributed by atoms with Crippen LogP contribution in [0.5, 0.6) is 0 Å². The lowest BCUT2D eigenvalue weighted by atomic mass is 9.78. The molecule has 15 aromatic rings. The molecule has 0 aliphatic heterocycles. The smallest absolute Gasteiger partial charge is 0.101 e. The molecule has 116 heavy (non-hydrogen) atoms. The maximum Gasteiger partial charge on any atom is 0.101 e. The zero-order valence-corrected chi connectivity index (χ0v) is 76.5. The highest BCUT2D eigenvalue weighted by atomic mass is 32.1. The van der Waals surface area contributed by atoms with Crippen LogP contribution in [0.25, 0.3) is 153 Å². The molecule has 0 aliphatic rings. The summed E-state index contributed by atoms with van der Waals surface area (Å²) in [6.45, 7) is 60.9. The van der Waals surface area contributed by atoms with E-state index in [9.17, 15) is 0 Å². The van der Waals surface area contributed by atoms with Crippen LogP contribution >= 0.6 is 22.7 Å². The van der Waals surface area contributed by atoms with Gasteiger partial charge in [-0.05, 0) is 228 Å². The number of hydrogen-bond donors (Lipinski definition) is 0. The molecule has 0 radical (unpaired) electrons. The lowest BCUT2D eigenvalue weighted by Crippen LogP contribution is -2.16. The predicted molar refractivity (Wildman–Crippen MR) is 511 cm³/mol. The molecule has 0 saturated carbocycles. The summed E-state index contributed by atoms with van der Waals surface area (Å²) in [5.41, 5.74) is 28.7. The van der Waals surface area contributed by atoms with Crippen molar-refractivity contribution >= 4 is 110 Å². The number of aromatic nitrogens is 4. The highest BCUT2D eigenvalue weighted by Gasteiger charge is 2.32. The largest absolute Gasteiger partial charge is 0.243 e. The van der Waals surface area contributed by atoms with Gasteiger partial charge in [0.25, 0.3) is 0 Å². The van der Waals surface area contributed by atoms with Crippen LogP contribution in [0.3, 0.4) is 0 Å². The Labute approximate surface area is 701 Å². The second kappa shape index (κ2) is 30.1. The minimum Gasteiger partial charge on any atom is -0.243 e. The van der Waals surface area contributed by atoms with Gasteiger partial charge in [-0.2, -0.15) is 0 Å². The summed E-state index contributed by atoms with van der Waals surface area (Å²) in [6.07, 6.45) is 11.6. The van der Waals surface area contributed by atoms with Crippen molar-refractivity contribution < 1.29 is 0 Å². The third-order valence-corrected chi connectivity index (χ3v) is 27.1. The molecule has 4 aromatic heterocycles. The fourth-order valence-corrected chi connectivity index (χ4v) is 19.2.